The minimum Gasteiger partial charge on any atom is -0.494 e. The van der Waals surface area contributed by atoms with Gasteiger partial charge in [0, 0.05) is 18.0 Å². The number of hydrogen-bond acceptors (Lipinski definition) is 4. The lowest BCUT2D eigenvalue weighted by molar-refractivity contribution is 0.307. The van der Waals surface area contributed by atoms with Gasteiger partial charge in [-0.15, -0.1) is 12.8 Å². The van der Waals surface area contributed by atoms with Crippen molar-refractivity contribution in [3.8, 4) is 29.7 Å². The van der Waals surface area contributed by atoms with Crippen molar-refractivity contribution >= 4 is 11.9 Å². The average Bonchev–Trinajstić information content (AvgIpc) is 2.77. The van der Waals surface area contributed by atoms with Gasteiger partial charge in [0.1, 0.15) is 17.4 Å². The summed E-state index contributed by atoms with van der Waals surface area (Å²) in [5.74, 6) is -0.337. The fraction of sp³-hybridized carbons (Fsp3) is 0.174. The van der Waals surface area contributed by atoms with Crippen LogP contribution in [-0.2, 0) is 6.42 Å². The Morgan fingerprint density at radius 1 is 1.00 bits per heavy atom. The van der Waals surface area contributed by atoms with Crippen LogP contribution < -0.4 is 9.88 Å². The van der Waals surface area contributed by atoms with Crippen LogP contribution in [-0.4, -0.2) is 11.6 Å². The van der Waals surface area contributed by atoms with Crippen LogP contribution in [0.2, 0.25) is 0 Å². The van der Waals surface area contributed by atoms with Crippen LogP contribution in [0.1, 0.15) is 18.4 Å². The second-order valence-electron chi connectivity index (χ2n) is 6.07. The smallest absolute Gasteiger partial charge is 0.138 e. The molecule has 0 fully saturated rings. The van der Waals surface area contributed by atoms with Gasteiger partial charge in [-0.2, -0.15) is 0 Å². The maximum atomic E-state index is 14.2. The van der Waals surface area contributed by atoms with Gasteiger partial charge in [-0.3, -0.25) is 10.1 Å². The van der Waals surface area contributed by atoms with E-state index in [0.29, 0.717) is 29.9 Å². The topological polar surface area (TPSA) is 48.1 Å². The molecule has 1 heterocycles. The van der Waals surface area contributed by atoms with Crippen molar-refractivity contribution in [3.05, 3.63) is 78.1 Å². The largest absolute Gasteiger partial charge is 0.494 e. The van der Waals surface area contributed by atoms with Crippen LogP contribution >= 0.6 is 11.9 Å². The monoisotopic (exact) mass is 412 g/mol. The number of benzene rings is 2. The molecule has 150 valence electrons. The molecule has 3 nitrogen and oxygen atoms in total. The van der Waals surface area contributed by atoms with E-state index in [0.717, 1.165) is 25.3 Å². The van der Waals surface area contributed by atoms with Gasteiger partial charge in [-0.1, -0.05) is 18.2 Å². The summed E-state index contributed by atoms with van der Waals surface area (Å²) in [5, 5.41) is 5.32. The lowest BCUT2D eigenvalue weighted by Crippen LogP contribution is -1.98. The summed E-state index contributed by atoms with van der Waals surface area (Å²) in [7, 11) is 0. The van der Waals surface area contributed by atoms with Crippen LogP contribution in [0.5, 0.6) is 5.75 Å². The molecule has 0 aliphatic carbocycles. The van der Waals surface area contributed by atoms with E-state index in [4.69, 9.17) is 9.88 Å². The molecule has 3 aromatic rings. The minimum absolute atomic E-state index is 0.0856. The van der Waals surface area contributed by atoms with Gasteiger partial charge in [-0.05, 0) is 72.7 Å². The van der Waals surface area contributed by atoms with E-state index < -0.39 is 11.6 Å². The highest BCUT2D eigenvalue weighted by atomic mass is 32.2. The molecule has 0 atom stereocenters. The molecule has 0 saturated carbocycles. The van der Waals surface area contributed by atoms with E-state index in [1.54, 1.807) is 30.5 Å². The Morgan fingerprint density at radius 3 is 2.41 bits per heavy atom. The Kier molecular flexibility index (Phi) is 9.16. The number of rotatable bonds is 8. The predicted octanol–water partition coefficient (Wildman–Crippen LogP) is 5.64. The molecule has 0 radical (unpaired) electrons. The van der Waals surface area contributed by atoms with Gasteiger partial charge >= 0.3 is 0 Å². The molecule has 0 bridgehead atoms. The van der Waals surface area contributed by atoms with Gasteiger partial charge in [0.15, 0.2) is 0 Å². The first-order chi connectivity index (χ1) is 14.2. The minimum atomic E-state index is -0.534. The van der Waals surface area contributed by atoms with Gasteiger partial charge < -0.3 is 4.74 Å². The Balaban J connectivity index is 0.00000145. The fourth-order valence-electron chi connectivity index (χ4n) is 2.74. The second kappa shape index (κ2) is 11.8. The van der Waals surface area contributed by atoms with E-state index in [9.17, 15) is 8.78 Å². The summed E-state index contributed by atoms with van der Waals surface area (Å²) in [4.78, 5) is 4.18. The molecule has 0 spiro atoms. The van der Waals surface area contributed by atoms with Crippen molar-refractivity contribution in [2.75, 3.05) is 6.61 Å². The van der Waals surface area contributed by atoms with Gasteiger partial charge in [0.2, 0.25) is 0 Å². The summed E-state index contributed by atoms with van der Waals surface area (Å²) in [6.07, 6.45) is 14.6. The van der Waals surface area contributed by atoms with Gasteiger partial charge in [0.05, 0.1) is 11.5 Å². The number of hydrogen-bond donors (Lipinski definition) is 1. The number of aromatic nitrogens is 1. The lowest BCUT2D eigenvalue weighted by atomic mass is 10.0. The zero-order valence-electron chi connectivity index (χ0n) is 15.9. The van der Waals surface area contributed by atoms with E-state index in [-0.39, 0.29) is 10.5 Å². The van der Waals surface area contributed by atoms with Crippen LogP contribution in [0.4, 0.5) is 8.78 Å². The quantitative estimate of drug-likeness (QED) is 0.295. The number of unbranched alkanes of at least 4 members (excludes halogenated alkanes) is 1. The summed E-state index contributed by atoms with van der Waals surface area (Å²) >= 11 is 0.689. The number of halogens is 2. The standard InChI is InChI=1S/C21H20F2N2OS.C2H2/c22-19-13-21(27-24)20(23)12-18(19)16-6-8-17(9-7-16)26-11-2-1-4-15-5-3-10-25-14-15;1-2/h3,5-10,12-14H,1-2,4,11,24H2;1-2H. The molecule has 2 aromatic carbocycles. The Morgan fingerprint density at radius 2 is 1.76 bits per heavy atom. The fourth-order valence-corrected chi connectivity index (χ4v) is 3.08. The molecule has 0 saturated heterocycles. The zero-order valence-corrected chi connectivity index (χ0v) is 16.7. The number of aryl methyl sites for hydroxylation is 1. The third-order valence-corrected chi connectivity index (χ3v) is 4.73. The normalized spacial score (nSPS) is 10.1. The van der Waals surface area contributed by atoms with Crippen LogP contribution in [0.3, 0.4) is 0 Å². The van der Waals surface area contributed by atoms with Crippen molar-refractivity contribution in [3.63, 3.8) is 0 Å². The van der Waals surface area contributed by atoms with Crippen molar-refractivity contribution in [2.45, 2.75) is 24.2 Å². The molecule has 29 heavy (non-hydrogen) atoms. The number of nitrogens with zero attached hydrogens (tertiary/aromatic N) is 1. The summed E-state index contributed by atoms with van der Waals surface area (Å²) in [6.45, 7) is 0.602. The van der Waals surface area contributed by atoms with E-state index in [1.165, 1.54) is 11.6 Å². The molecule has 6 heteroatoms. The molecule has 3 rings (SSSR count). The first-order valence-electron chi connectivity index (χ1n) is 8.98. The van der Waals surface area contributed by atoms with Crippen molar-refractivity contribution in [1.82, 2.24) is 4.98 Å². The second-order valence-corrected chi connectivity index (χ2v) is 6.75. The predicted molar refractivity (Wildman–Crippen MR) is 114 cm³/mol. The molecule has 2 N–H and O–H groups in total. The summed E-state index contributed by atoms with van der Waals surface area (Å²) in [5.41, 5.74) is 2.01. The van der Waals surface area contributed by atoms with Gasteiger partial charge in [-0.25, -0.2) is 8.78 Å². The Bertz CT molecular complexity index is 915. The van der Waals surface area contributed by atoms with Crippen LogP contribution in [0, 0.1) is 24.5 Å². The highest BCUT2D eigenvalue weighted by molar-refractivity contribution is 7.97. The summed E-state index contributed by atoms with van der Waals surface area (Å²) < 4.78 is 33.7. The van der Waals surface area contributed by atoms with E-state index >= 15 is 0 Å². The number of nitrogens with two attached hydrogens (primary N) is 1. The molecule has 0 unspecified atom stereocenters. The van der Waals surface area contributed by atoms with Crippen LogP contribution in [0.15, 0.2) is 65.8 Å². The van der Waals surface area contributed by atoms with E-state index in [1.807, 2.05) is 12.3 Å². The lowest BCUT2D eigenvalue weighted by Gasteiger charge is -2.09. The highest BCUT2D eigenvalue weighted by Gasteiger charge is 2.11. The number of terminal acetylenes is 1. The molecule has 0 amide bonds. The maximum Gasteiger partial charge on any atom is 0.138 e. The zero-order chi connectivity index (χ0) is 21.1. The molecule has 0 aliphatic rings. The van der Waals surface area contributed by atoms with Crippen molar-refractivity contribution < 1.29 is 13.5 Å². The molecular weight excluding hydrogens is 390 g/mol. The highest BCUT2D eigenvalue weighted by Crippen LogP contribution is 2.29. The maximum absolute atomic E-state index is 14.2. The SMILES string of the molecule is C#C.NSc1cc(F)c(-c2ccc(OCCCCc3cccnc3)cc2)cc1F. The number of pyridine rings is 1. The average molecular weight is 413 g/mol. The molecule has 0 aliphatic heterocycles. The van der Waals surface area contributed by atoms with Crippen LogP contribution in [0.25, 0.3) is 11.1 Å². The van der Waals surface area contributed by atoms with Gasteiger partial charge in [0.25, 0.3) is 0 Å². The molecule has 1 aromatic heterocycles. The Labute approximate surface area is 174 Å². The third-order valence-electron chi connectivity index (χ3n) is 4.17. The Hall–Kier alpha value is -2.88. The first kappa shape index (κ1) is 22.4. The van der Waals surface area contributed by atoms with Crippen molar-refractivity contribution in [1.29, 1.82) is 0 Å². The van der Waals surface area contributed by atoms with E-state index in [2.05, 4.69) is 23.9 Å². The van der Waals surface area contributed by atoms with Crippen molar-refractivity contribution in [2.24, 2.45) is 5.14 Å². The summed E-state index contributed by atoms with van der Waals surface area (Å²) in [6, 6.07) is 13.2. The first-order valence-corrected chi connectivity index (χ1v) is 9.86. The molecular formula is C23H22F2N2OS. The third kappa shape index (κ3) is 6.60. The number of ether oxygens (including phenoxy) is 1.